The summed E-state index contributed by atoms with van der Waals surface area (Å²) >= 11 is 0.984. The Balaban J connectivity index is 2.03. The van der Waals surface area contributed by atoms with Crippen LogP contribution in [-0.4, -0.2) is 41.6 Å². The van der Waals surface area contributed by atoms with E-state index in [0.717, 1.165) is 11.8 Å². The van der Waals surface area contributed by atoms with Crippen LogP contribution in [0.3, 0.4) is 0 Å². The molecule has 0 bridgehead atoms. The van der Waals surface area contributed by atoms with Crippen LogP contribution in [0.15, 0.2) is 4.99 Å². The van der Waals surface area contributed by atoms with Gasteiger partial charge in [-0.3, -0.25) is 9.79 Å². The lowest BCUT2D eigenvalue weighted by molar-refractivity contribution is -0.152. The third kappa shape index (κ3) is 3.08. The van der Waals surface area contributed by atoms with E-state index in [1.807, 2.05) is 13.8 Å². The molecule has 19 heavy (non-hydrogen) atoms. The number of nitrogens with zero attached hydrogens (tertiary/aromatic N) is 1. The van der Waals surface area contributed by atoms with Gasteiger partial charge in [-0.25, -0.2) is 8.78 Å². The lowest BCUT2D eigenvalue weighted by Gasteiger charge is -2.40. The Bertz CT molecular complexity index is 391. The smallest absolute Gasteiger partial charge is 0.302 e. The Kier molecular flexibility index (Phi) is 4.45. The van der Waals surface area contributed by atoms with Crippen LogP contribution in [0, 0.1) is 11.8 Å². The molecule has 2 rings (SSSR count). The maximum absolute atomic E-state index is 12.7. The first-order chi connectivity index (χ1) is 8.90. The van der Waals surface area contributed by atoms with Gasteiger partial charge in [0.1, 0.15) is 17.1 Å². The van der Waals surface area contributed by atoms with Gasteiger partial charge in [0.2, 0.25) is 0 Å². The van der Waals surface area contributed by atoms with Gasteiger partial charge in [0.05, 0.1) is 12.1 Å². The molecule has 5 atom stereocenters. The lowest BCUT2D eigenvalue weighted by atomic mass is 9.83. The molecule has 2 aliphatic heterocycles. The van der Waals surface area contributed by atoms with Crippen LogP contribution in [-0.2, 0) is 14.3 Å². The van der Waals surface area contributed by atoms with E-state index < -0.39 is 11.9 Å². The molecular formula is C12H17F2NO3S. The second-order valence-electron chi connectivity index (χ2n) is 4.94. The summed E-state index contributed by atoms with van der Waals surface area (Å²) in [5.74, 6) is -0.154. The molecule has 0 aromatic heterocycles. The number of carbonyl (C=O) groups is 1. The largest absolute Gasteiger partial charge is 0.463 e. The molecule has 0 spiro atoms. The maximum Gasteiger partial charge on any atom is 0.302 e. The van der Waals surface area contributed by atoms with Gasteiger partial charge in [-0.15, -0.1) is 0 Å². The molecule has 1 saturated heterocycles. The van der Waals surface area contributed by atoms with Crippen molar-refractivity contribution in [3.63, 3.8) is 0 Å². The fourth-order valence-electron chi connectivity index (χ4n) is 2.34. The van der Waals surface area contributed by atoms with Gasteiger partial charge in [0.15, 0.2) is 0 Å². The van der Waals surface area contributed by atoms with Crippen molar-refractivity contribution in [2.45, 2.75) is 44.8 Å². The first-order valence-electron chi connectivity index (χ1n) is 6.21. The van der Waals surface area contributed by atoms with Gasteiger partial charge in [-0.05, 0) is 11.8 Å². The van der Waals surface area contributed by atoms with Crippen molar-refractivity contribution in [3.05, 3.63) is 0 Å². The van der Waals surface area contributed by atoms with Crippen molar-refractivity contribution in [1.82, 2.24) is 0 Å². The maximum atomic E-state index is 12.7. The molecule has 108 valence electrons. The number of ether oxygens (including phenoxy) is 2. The zero-order valence-electron chi connectivity index (χ0n) is 11.0. The van der Waals surface area contributed by atoms with E-state index in [0.29, 0.717) is 0 Å². The van der Waals surface area contributed by atoms with Crippen LogP contribution in [0.4, 0.5) is 8.78 Å². The van der Waals surface area contributed by atoms with Crippen molar-refractivity contribution in [2.24, 2.45) is 16.8 Å². The van der Waals surface area contributed by atoms with Crippen molar-refractivity contribution in [2.75, 3.05) is 6.61 Å². The number of carbonyl (C=O) groups excluding carboxylic acids is 1. The van der Waals surface area contributed by atoms with E-state index in [-0.39, 0.29) is 41.6 Å². The minimum Gasteiger partial charge on any atom is -0.463 e. The van der Waals surface area contributed by atoms with Crippen molar-refractivity contribution in [3.8, 4) is 0 Å². The first-order valence-corrected chi connectivity index (χ1v) is 7.09. The highest BCUT2D eigenvalue weighted by atomic mass is 32.2. The third-order valence-corrected chi connectivity index (χ3v) is 4.84. The summed E-state index contributed by atoms with van der Waals surface area (Å²) in [6.45, 7) is 5.44. The summed E-state index contributed by atoms with van der Waals surface area (Å²) in [7, 11) is 0. The van der Waals surface area contributed by atoms with E-state index >= 15 is 0 Å². The minimum atomic E-state index is -2.55. The Morgan fingerprint density at radius 3 is 2.74 bits per heavy atom. The molecule has 0 aromatic carbocycles. The SMILES string of the molecule is CC(=O)OC[C@H]1OC2SC(C(F)F)=NC2[C@@H](C)[C@@H]1C. The minimum absolute atomic E-state index is 0.0990. The molecule has 0 saturated carbocycles. The summed E-state index contributed by atoms with van der Waals surface area (Å²) in [4.78, 5) is 14.9. The predicted molar refractivity (Wildman–Crippen MR) is 68.4 cm³/mol. The van der Waals surface area contributed by atoms with Gasteiger partial charge >= 0.3 is 5.97 Å². The number of rotatable bonds is 3. The van der Waals surface area contributed by atoms with Gasteiger partial charge < -0.3 is 9.47 Å². The molecule has 0 aliphatic carbocycles. The molecule has 0 radical (unpaired) electrons. The summed E-state index contributed by atoms with van der Waals surface area (Å²) in [5.41, 5.74) is -0.393. The van der Waals surface area contributed by atoms with Crippen molar-refractivity contribution in [1.29, 1.82) is 0 Å². The standard InChI is InChI=1S/C12H17F2NO3S/c1-5-6(2)9-12(19-11(15-9)10(13)14)18-8(5)4-17-7(3)16/h5-6,8-10,12H,4H2,1-3H3/t5-,6-,8+,9?,12?/m0/s1. The van der Waals surface area contributed by atoms with Crippen LogP contribution >= 0.6 is 11.8 Å². The molecule has 1 fully saturated rings. The van der Waals surface area contributed by atoms with Gasteiger partial charge in [0.25, 0.3) is 6.43 Å². The van der Waals surface area contributed by atoms with E-state index in [2.05, 4.69) is 4.99 Å². The summed E-state index contributed by atoms with van der Waals surface area (Å²) in [6, 6.07) is -0.238. The Morgan fingerprint density at radius 2 is 2.16 bits per heavy atom. The van der Waals surface area contributed by atoms with E-state index in [4.69, 9.17) is 9.47 Å². The average Bonchev–Trinajstić information content (AvgIpc) is 2.76. The number of hydrogen-bond donors (Lipinski definition) is 0. The Hall–Kier alpha value is -0.690. The number of fused-ring (bicyclic) bond motifs is 1. The van der Waals surface area contributed by atoms with Crippen LogP contribution in [0.1, 0.15) is 20.8 Å². The Labute approximate surface area is 114 Å². The summed E-state index contributed by atoms with van der Waals surface area (Å²) in [5, 5.41) is -0.151. The fourth-order valence-corrected chi connectivity index (χ4v) is 3.51. The number of hydrogen-bond acceptors (Lipinski definition) is 5. The molecule has 0 aromatic rings. The van der Waals surface area contributed by atoms with Crippen LogP contribution < -0.4 is 0 Å². The molecule has 2 aliphatic rings. The van der Waals surface area contributed by atoms with Gasteiger partial charge in [0, 0.05) is 6.92 Å². The molecule has 4 nitrogen and oxygen atoms in total. The molecule has 0 amide bonds. The highest BCUT2D eigenvalue weighted by Gasteiger charge is 2.46. The molecule has 2 unspecified atom stereocenters. The van der Waals surface area contributed by atoms with Crippen LogP contribution in [0.2, 0.25) is 0 Å². The van der Waals surface area contributed by atoms with Gasteiger partial charge in [-0.1, -0.05) is 25.6 Å². The summed E-state index contributed by atoms with van der Waals surface area (Å²) in [6.07, 6.45) is -2.81. The van der Waals surface area contributed by atoms with Crippen LogP contribution in [0.25, 0.3) is 0 Å². The first kappa shape index (κ1) is 14.7. The average molecular weight is 293 g/mol. The van der Waals surface area contributed by atoms with E-state index in [1.54, 1.807) is 0 Å². The van der Waals surface area contributed by atoms with Crippen LogP contribution in [0.5, 0.6) is 0 Å². The highest BCUT2D eigenvalue weighted by Crippen LogP contribution is 2.42. The molecular weight excluding hydrogens is 276 g/mol. The third-order valence-electron chi connectivity index (χ3n) is 3.69. The fraction of sp³-hybridized carbons (Fsp3) is 0.833. The van der Waals surface area contributed by atoms with Gasteiger partial charge in [-0.2, -0.15) is 0 Å². The number of halogens is 2. The second-order valence-corrected chi connectivity index (χ2v) is 6.06. The highest BCUT2D eigenvalue weighted by molar-refractivity contribution is 8.14. The van der Waals surface area contributed by atoms with E-state index in [1.165, 1.54) is 6.92 Å². The number of esters is 1. The predicted octanol–water partition coefficient (Wildman–Crippen LogP) is 2.33. The van der Waals surface area contributed by atoms with Crippen molar-refractivity contribution < 1.29 is 23.0 Å². The molecule has 2 heterocycles. The summed E-state index contributed by atoms with van der Waals surface area (Å²) < 4.78 is 36.1. The normalized spacial score (nSPS) is 38.0. The molecule has 0 N–H and O–H groups in total. The second kappa shape index (κ2) is 5.75. The number of thioether (sulfide) groups is 1. The zero-order valence-corrected chi connectivity index (χ0v) is 11.8. The zero-order chi connectivity index (χ0) is 14.2. The number of alkyl halides is 2. The molecule has 7 heteroatoms. The Morgan fingerprint density at radius 1 is 1.47 bits per heavy atom. The quantitative estimate of drug-likeness (QED) is 0.749. The topological polar surface area (TPSA) is 47.9 Å². The van der Waals surface area contributed by atoms with E-state index in [9.17, 15) is 13.6 Å². The van der Waals surface area contributed by atoms with Crippen molar-refractivity contribution >= 4 is 22.8 Å². The monoisotopic (exact) mass is 293 g/mol. The number of aliphatic imine (C=N–C) groups is 1. The lowest BCUT2D eigenvalue weighted by Crippen LogP contribution is -2.47.